The summed E-state index contributed by atoms with van der Waals surface area (Å²) in [7, 11) is 0. The van der Waals surface area contributed by atoms with Crippen LogP contribution in [0, 0.1) is 5.82 Å². The van der Waals surface area contributed by atoms with Gasteiger partial charge in [-0.1, -0.05) is 0 Å². The number of hydrogen-bond donors (Lipinski definition) is 2. The number of benzene rings is 1. The van der Waals surface area contributed by atoms with Crippen LogP contribution in [0.2, 0.25) is 0 Å². The number of carbonyl (C=O) groups excluding carboxylic acids is 3. The molecule has 8 heteroatoms. The minimum atomic E-state index is -0.903. The van der Waals surface area contributed by atoms with Crippen molar-refractivity contribution >= 4 is 23.7 Å². The van der Waals surface area contributed by atoms with Gasteiger partial charge in [0.15, 0.2) is 0 Å². The van der Waals surface area contributed by atoms with Gasteiger partial charge in [-0.15, -0.1) is 0 Å². The van der Waals surface area contributed by atoms with Crippen molar-refractivity contribution in [2.45, 2.75) is 32.4 Å². The number of urea groups is 1. The second kappa shape index (κ2) is 6.23. The number of hydrogen-bond acceptors (Lipinski definition) is 4. The summed E-state index contributed by atoms with van der Waals surface area (Å²) < 4.78 is 17.9. The highest BCUT2D eigenvalue weighted by Crippen LogP contribution is 2.15. The predicted molar refractivity (Wildman–Crippen MR) is 80.3 cm³/mol. The number of rotatable bonds is 2. The molecule has 2 rings (SSSR count). The van der Waals surface area contributed by atoms with Crippen molar-refractivity contribution in [3.8, 4) is 0 Å². The first-order valence-electron chi connectivity index (χ1n) is 7.03. The largest absolute Gasteiger partial charge is 0.443 e. The lowest BCUT2D eigenvalue weighted by Crippen LogP contribution is -2.39. The molecule has 1 aromatic rings. The van der Waals surface area contributed by atoms with Gasteiger partial charge in [-0.05, 0) is 45.0 Å². The van der Waals surface area contributed by atoms with Crippen LogP contribution in [-0.2, 0) is 9.53 Å². The van der Waals surface area contributed by atoms with E-state index < -0.39 is 35.5 Å². The number of halogens is 1. The SMILES string of the molecule is CC(C)(C)OC(=O)N1C[C@@H](C(=O)Nc2ccc(F)cc2)NC1=O. The zero-order valence-corrected chi connectivity index (χ0v) is 13.1. The lowest BCUT2D eigenvalue weighted by Gasteiger charge is -2.22. The molecule has 1 aliphatic heterocycles. The van der Waals surface area contributed by atoms with Gasteiger partial charge in [0.05, 0.1) is 6.54 Å². The maximum atomic E-state index is 12.8. The van der Waals surface area contributed by atoms with Crippen LogP contribution in [0.1, 0.15) is 20.8 Å². The Morgan fingerprint density at radius 1 is 1.30 bits per heavy atom. The fraction of sp³-hybridized carbons (Fsp3) is 0.400. The van der Waals surface area contributed by atoms with Crippen LogP contribution in [-0.4, -0.2) is 41.1 Å². The van der Waals surface area contributed by atoms with Gasteiger partial charge >= 0.3 is 12.1 Å². The number of carbonyl (C=O) groups is 3. The van der Waals surface area contributed by atoms with Gasteiger partial charge in [0, 0.05) is 5.69 Å². The monoisotopic (exact) mass is 323 g/mol. The Morgan fingerprint density at radius 3 is 2.48 bits per heavy atom. The summed E-state index contributed by atoms with van der Waals surface area (Å²) >= 11 is 0. The van der Waals surface area contributed by atoms with Gasteiger partial charge < -0.3 is 15.4 Å². The van der Waals surface area contributed by atoms with E-state index in [1.54, 1.807) is 20.8 Å². The van der Waals surface area contributed by atoms with Crippen molar-refractivity contribution in [3.63, 3.8) is 0 Å². The Labute approximate surface area is 132 Å². The molecule has 0 unspecified atom stereocenters. The van der Waals surface area contributed by atoms with E-state index in [2.05, 4.69) is 10.6 Å². The third kappa shape index (κ3) is 4.41. The molecule has 1 aromatic carbocycles. The molecule has 0 spiro atoms. The summed E-state index contributed by atoms with van der Waals surface area (Å²) in [6, 6.07) is 3.61. The number of ether oxygens (including phenoxy) is 1. The molecule has 23 heavy (non-hydrogen) atoms. The van der Waals surface area contributed by atoms with Crippen molar-refractivity contribution in [1.29, 1.82) is 0 Å². The Kier molecular flexibility index (Phi) is 4.53. The number of amides is 4. The first-order valence-corrected chi connectivity index (χ1v) is 7.03. The number of nitrogens with one attached hydrogen (secondary N) is 2. The van der Waals surface area contributed by atoms with Gasteiger partial charge in [0.2, 0.25) is 5.91 Å². The molecule has 1 fully saturated rings. The first kappa shape index (κ1) is 16.7. The van der Waals surface area contributed by atoms with Crippen LogP contribution in [0.25, 0.3) is 0 Å². The van der Waals surface area contributed by atoms with Crippen LogP contribution in [0.5, 0.6) is 0 Å². The Hall–Kier alpha value is -2.64. The second-order valence-corrected chi connectivity index (χ2v) is 6.09. The highest BCUT2D eigenvalue weighted by atomic mass is 19.1. The Bertz CT molecular complexity index is 625. The predicted octanol–water partition coefficient (Wildman–Crippen LogP) is 2.09. The molecule has 0 aliphatic carbocycles. The van der Waals surface area contributed by atoms with Crippen LogP contribution in [0.3, 0.4) is 0 Å². The van der Waals surface area contributed by atoms with Crippen molar-refractivity contribution in [2.24, 2.45) is 0 Å². The fourth-order valence-corrected chi connectivity index (χ4v) is 1.92. The molecule has 2 N–H and O–H groups in total. The quantitative estimate of drug-likeness (QED) is 0.872. The van der Waals surface area contributed by atoms with Gasteiger partial charge in [-0.2, -0.15) is 0 Å². The zero-order chi connectivity index (χ0) is 17.2. The van der Waals surface area contributed by atoms with E-state index >= 15 is 0 Å². The lowest BCUT2D eigenvalue weighted by atomic mass is 10.2. The third-order valence-corrected chi connectivity index (χ3v) is 2.95. The lowest BCUT2D eigenvalue weighted by molar-refractivity contribution is -0.117. The number of anilines is 1. The Morgan fingerprint density at radius 2 is 1.91 bits per heavy atom. The molecule has 7 nitrogen and oxygen atoms in total. The average Bonchev–Trinajstić information content (AvgIpc) is 2.82. The van der Waals surface area contributed by atoms with E-state index in [0.717, 1.165) is 4.90 Å². The van der Waals surface area contributed by atoms with Crippen molar-refractivity contribution < 1.29 is 23.5 Å². The zero-order valence-electron chi connectivity index (χ0n) is 13.1. The fourth-order valence-electron chi connectivity index (χ4n) is 1.92. The second-order valence-electron chi connectivity index (χ2n) is 6.09. The topological polar surface area (TPSA) is 87.7 Å². The van der Waals surface area contributed by atoms with E-state index in [1.807, 2.05) is 0 Å². The summed E-state index contributed by atoms with van der Waals surface area (Å²) in [5.41, 5.74) is -0.354. The van der Waals surface area contributed by atoms with Gasteiger partial charge in [-0.3, -0.25) is 4.79 Å². The molecule has 124 valence electrons. The standard InChI is InChI=1S/C15H18FN3O4/c1-15(2,3)23-14(22)19-8-11(18-13(19)21)12(20)17-10-6-4-9(16)5-7-10/h4-7,11H,8H2,1-3H3,(H,17,20)(H,18,21)/t11-/m0/s1. The molecule has 1 saturated heterocycles. The summed E-state index contributed by atoms with van der Waals surface area (Å²) in [4.78, 5) is 36.6. The van der Waals surface area contributed by atoms with E-state index in [9.17, 15) is 18.8 Å². The number of imide groups is 1. The third-order valence-electron chi connectivity index (χ3n) is 2.95. The maximum Gasteiger partial charge on any atom is 0.418 e. The minimum Gasteiger partial charge on any atom is -0.443 e. The molecule has 1 atom stereocenters. The summed E-state index contributed by atoms with van der Waals surface area (Å²) in [5.74, 6) is -0.927. The highest BCUT2D eigenvalue weighted by molar-refractivity contribution is 6.02. The van der Waals surface area contributed by atoms with Gasteiger partial charge in [0.1, 0.15) is 17.5 Å². The van der Waals surface area contributed by atoms with Crippen molar-refractivity contribution in [2.75, 3.05) is 11.9 Å². The molecule has 0 bridgehead atoms. The maximum absolute atomic E-state index is 12.8. The average molecular weight is 323 g/mol. The van der Waals surface area contributed by atoms with Crippen molar-refractivity contribution in [3.05, 3.63) is 30.1 Å². The normalized spacial score (nSPS) is 17.7. The molecule has 0 saturated carbocycles. The van der Waals surface area contributed by atoms with Gasteiger partial charge in [-0.25, -0.2) is 18.9 Å². The van der Waals surface area contributed by atoms with Gasteiger partial charge in [0.25, 0.3) is 0 Å². The molecule has 0 radical (unpaired) electrons. The molecule has 1 heterocycles. The van der Waals surface area contributed by atoms with Crippen LogP contribution in [0.4, 0.5) is 19.7 Å². The number of nitrogens with zero attached hydrogens (tertiary/aromatic N) is 1. The smallest absolute Gasteiger partial charge is 0.418 e. The summed E-state index contributed by atoms with van der Waals surface area (Å²) in [6.07, 6.45) is -0.813. The van der Waals surface area contributed by atoms with Crippen LogP contribution >= 0.6 is 0 Å². The summed E-state index contributed by atoms with van der Waals surface area (Å²) in [6.45, 7) is 4.90. The molecule has 0 aromatic heterocycles. The van der Waals surface area contributed by atoms with E-state index in [0.29, 0.717) is 5.69 Å². The molecule has 1 aliphatic rings. The Balaban J connectivity index is 1.97. The molecular formula is C15H18FN3O4. The summed E-state index contributed by atoms with van der Waals surface area (Å²) in [5, 5.41) is 4.94. The van der Waals surface area contributed by atoms with E-state index in [-0.39, 0.29) is 6.54 Å². The van der Waals surface area contributed by atoms with Crippen LogP contribution in [0.15, 0.2) is 24.3 Å². The van der Waals surface area contributed by atoms with Crippen molar-refractivity contribution in [1.82, 2.24) is 10.2 Å². The van der Waals surface area contributed by atoms with Crippen LogP contribution < -0.4 is 10.6 Å². The van der Waals surface area contributed by atoms with E-state index in [4.69, 9.17) is 4.74 Å². The first-order chi connectivity index (χ1) is 10.7. The highest BCUT2D eigenvalue weighted by Gasteiger charge is 2.39. The minimum absolute atomic E-state index is 0.138. The van der Waals surface area contributed by atoms with E-state index in [1.165, 1.54) is 24.3 Å². The molecular weight excluding hydrogens is 305 g/mol. The molecule has 4 amide bonds.